The summed E-state index contributed by atoms with van der Waals surface area (Å²) < 4.78 is 0. The summed E-state index contributed by atoms with van der Waals surface area (Å²) in [6.07, 6.45) is 7.98. The SMILES string of the molecule is O=C(Nc1ccc(Cl)c(Cl)c1)N1CCN(C[C@@H]2CCCN(C3CCC(O)(c4nccs4)CC3)C2)CC1. The lowest BCUT2D eigenvalue weighted by Crippen LogP contribution is -2.53. The van der Waals surface area contributed by atoms with Crippen molar-refractivity contribution in [2.45, 2.75) is 50.2 Å². The number of nitrogens with one attached hydrogen (secondary N) is 1. The smallest absolute Gasteiger partial charge is 0.321 e. The van der Waals surface area contributed by atoms with Gasteiger partial charge in [-0.1, -0.05) is 23.2 Å². The van der Waals surface area contributed by atoms with Crippen molar-refractivity contribution in [2.75, 3.05) is 51.1 Å². The number of aromatic nitrogens is 1. The van der Waals surface area contributed by atoms with Crippen LogP contribution in [0, 0.1) is 5.92 Å². The second-order valence-corrected chi connectivity index (χ2v) is 12.2. The molecule has 0 bridgehead atoms. The lowest BCUT2D eigenvalue weighted by atomic mass is 9.81. The molecule has 3 fully saturated rings. The summed E-state index contributed by atoms with van der Waals surface area (Å²) in [7, 11) is 0. The fourth-order valence-corrected chi connectivity index (χ4v) is 7.06. The fourth-order valence-electron chi connectivity index (χ4n) is 5.97. The minimum Gasteiger partial charge on any atom is -0.383 e. The predicted octanol–water partition coefficient (Wildman–Crippen LogP) is 5.14. The molecule has 3 heterocycles. The van der Waals surface area contributed by atoms with Gasteiger partial charge in [0.25, 0.3) is 0 Å². The number of nitrogens with zero attached hydrogens (tertiary/aromatic N) is 4. The van der Waals surface area contributed by atoms with Gasteiger partial charge in [0.1, 0.15) is 10.6 Å². The highest BCUT2D eigenvalue weighted by Crippen LogP contribution is 2.40. The summed E-state index contributed by atoms with van der Waals surface area (Å²) in [4.78, 5) is 24.1. The van der Waals surface area contributed by atoms with Gasteiger partial charge >= 0.3 is 6.03 Å². The van der Waals surface area contributed by atoms with E-state index >= 15 is 0 Å². The van der Waals surface area contributed by atoms with Crippen molar-refractivity contribution in [1.29, 1.82) is 0 Å². The maximum Gasteiger partial charge on any atom is 0.321 e. The van der Waals surface area contributed by atoms with Crippen LogP contribution in [-0.4, -0.2) is 82.7 Å². The molecule has 2 amide bonds. The maximum atomic E-state index is 12.7. The second-order valence-electron chi connectivity index (χ2n) is 10.4. The van der Waals surface area contributed by atoms with E-state index in [9.17, 15) is 9.90 Å². The molecule has 2 N–H and O–H groups in total. The quantitative estimate of drug-likeness (QED) is 0.538. The van der Waals surface area contributed by atoms with Crippen molar-refractivity contribution >= 4 is 46.3 Å². The Labute approximate surface area is 227 Å². The van der Waals surface area contributed by atoms with Gasteiger partial charge in [0, 0.05) is 62.6 Å². The first-order chi connectivity index (χ1) is 17.4. The molecule has 0 spiro atoms. The van der Waals surface area contributed by atoms with Gasteiger partial charge in [0.15, 0.2) is 0 Å². The molecule has 1 aromatic carbocycles. The van der Waals surface area contributed by atoms with Gasteiger partial charge in [-0.15, -0.1) is 11.3 Å². The van der Waals surface area contributed by atoms with Crippen LogP contribution in [-0.2, 0) is 5.60 Å². The Morgan fingerprint density at radius 1 is 1.11 bits per heavy atom. The number of halogens is 2. The van der Waals surface area contributed by atoms with E-state index in [1.165, 1.54) is 19.4 Å². The normalized spacial score (nSPS) is 28.2. The zero-order chi connectivity index (χ0) is 25.1. The summed E-state index contributed by atoms with van der Waals surface area (Å²) in [5.41, 5.74) is -0.0713. The van der Waals surface area contributed by atoms with E-state index < -0.39 is 5.60 Å². The van der Waals surface area contributed by atoms with E-state index in [1.807, 2.05) is 10.3 Å². The Balaban J connectivity index is 1.06. The number of amides is 2. The van der Waals surface area contributed by atoms with Gasteiger partial charge in [-0.2, -0.15) is 0 Å². The first kappa shape index (κ1) is 26.2. The Kier molecular flexibility index (Phi) is 8.40. The molecule has 2 saturated heterocycles. The first-order valence-electron chi connectivity index (χ1n) is 13.0. The number of piperazine rings is 1. The molecule has 0 unspecified atom stereocenters. The van der Waals surface area contributed by atoms with Crippen molar-refractivity contribution in [3.63, 3.8) is 0 Å². The van der Waals surface area contributed by atoms with Crippen LogP contribution in [0.3, 0.4) is 0 Å². The van der Waals surface area contributed by atoms with Crippen LogP contribution in [0.2, 0.25) is 10.0 Å². The van der Waals surface area contributed by atoms with Crippen LogP contribution >= 0.6 is 34.5 Å². The number of urea groups is 1. The monoisotopic (exact) mass is 551 g/mol. The minimum absolute atomic E-state index is 0.0908. The van der Waals surface area contributed by atoms with Gasteiger partial charge in [-0.3, -0.25) is 4.90 Å². The molecule has 36 heavy (non-hydrogen) atoms. The standard InChI is InChI=1S/C26H35Cl2N5O2S/c27-22-4-3-20(16-23(22)28)30-25(34)32-13-11-31(12-14-32)17-19-2-1-10-33(18-19)21-5-7-26(35,8-6-21)24-29-9-15-36-24/h3-4,9,15-16,19,21,35H,1-2,5-8,10-14,17-18H2,(H,30,34)/t19-,21?,26?/m0/s1. The van der Waals surface area contributed by atoms with Crippen LogP contribution in [0.1, 0.15) is 43.5 Å². The number of likely N-dealkylation sites (tertiary alicyclic amines) is 1. The highest BCUT2D eigenvalue weighted by Gasteiger charge is 2.39. The van der Waals surface area contributed by atoms with Crippen LogP contribution in [0.5, 0.6) is 0 Å². The zero-order valence-corrected chi connectivity index (χ0v) is 22.9. The minimum atomic E-state index is -0.731. The molecular formula is C26H35Cl2N5O2S. The molecule has 1 saturated carbocycles. The third kappa shape index (κ3) is 6.17. The Bertz CT molecular complexity index is 1020. The van der Waals surface area contributed by atoms with Crippen molar-refractivity contribution in [3.8, 4) is 0 Å². The number of piperidine rings is 1. The molecule has 5 rings (SSSR count). The summed E-state index contributed by atoms with van der Waals surface area (Å²) in [5.74, 6) is 0.662. The van der Waals surface area contributed by atoms with Gasteiger partial charge in [0.2, 0.25) is 0 Å². The van der Waals surface area contributed by atoms with E-state index in [2.05, 4.69) is 20.1 Å². The largest absolute Gasteiger partial charge is 0.383 e. The van der Waals surface area contributed by atoms with E-state index in [4.69, 9.17) is 23.2 Å². The topological polar surface area (TPSA) is 71.9 Å². The van der Waals surface area contributed by atoms with Crippen LogP contribution < -0.4 is 5.32 Å². The third-order valence-electron chi connectivity index (χ3n) is 8.03. The number of thiazole rings is 1. The predicted molar refractivity (Wildman–Crippen MR) is 146 cm³/mol. The van der Waals surface area contributed by atoms with E-state index in [0.29, 0.717) is 27.7 Å². The maximum absolute atomic E-state index is 12.7. The number of rotatable bonds is 5. The highest BCUT2D eigenvalue weighted by atomic mass is 35.5. The second kappa shape index (κ2) is 11.5. The molecule has 7 nitrogen and oxygen atoms in total. The zero-order valence-electron chi connectivity index (χ0n) is 20.5. The van der Waals surface area contributed by atoms with E-state index in [1.54, 1.807) is 35.7 Å². The first-order valence-corrected chi connectivity index (χ1v) is 14.6. The lowest BCUT2D eigenvalue weighted by Gasteiger charge is -2.44. The number of carbonyl (C=O) groups is 1. The molecule has 1 atom stereocenters. The average Bonchev–Trinajstić information content (AvgIpc) is 3.44. The summed E-state index contributed by atoms with van der Waals surface area (Å²) in [5, 5.41) is 17.7. The van der Waals surface area contributed by atoms with Gasteiger partial charge in [0.05, 0.1) is 10.0 Å². The van der Waals surface area contributed by atoms with E-state index in [0.717, 1.165) is 70.0 Å². The van der Waals surface area contributed by atoms with Crippen molar-refractivity contribution in [1.82, 2.24) is 19.7 Å². The summed E-state index contributed by atoms with van der Waals surface area (Å²) >= 11 is 13.6. The van der Waals surface area contributed by atoms with Gasteiger partial charge in [-0.05, 0) is 69.2 Å². The lowest BCUT2D eigenvalue weighted by molar-refractivity contribution is -0.0323. The number of carbonyl (C=O) groups excluding carboxylic acids is 1. The number of anilines is 1. The molecule has 2 aromatic rings. The molecule has 10 heteroatoms. The number of hydrogen-bond donors (Lipinski definition) is 2. The molecule has 196 valence electrons. The molecule has 2 aliphatic heterocycles. The number of hydrogen-bond acceptors (Lipinski definition) is 6. The Hall–Kier alpha value is -1.42. The fraction of sp³-hybridized carbons (Fsp3) is 0.615. The molecule has 1 aromatic heterocycles. The molecule has 3 aliphatic rings. The highest BCUT2D eigenvalue weighted by molar-refractivity contribution is 7.09. The van der Waals surface area contributed by atoms with Crippen LogP contribution in [0.15, 0.2) is 29.8 Å². The van der Waals surface area contributed by atoms with Gasteiger partial charge in [-0.25, -0.2) is 9.78 Å². The van der Waals surface area contributed by atoms with Crippen LogP contribution in [0.4, 0.5) is 10.5 Å². The van der Waals surface area contributed by atoms with Gasteiger partial charge < -0.3 is 20.2 Å². The number of benzene rings is 1. The van der Waals surface area contributed by atoms with Crippen molar-refractivity contribution in [2.24, 2.45) is 5.92 Å². The van der Waals surface area contributed by atoms with Crippen molar-refractivity contribution in [3.05, 3.63) is 44.8 Å². The molecule has 0 radical (unpaired) electrons. The van der Waals surface area contributed by atoms with Crippen LogP contribution in [0.25, 0.3) is 0 Å². The summed E-state index contributed by atoms with van der Waals surface area (Å²) in [6, 6.07) is 5.61. The Morgan fingerprint density at radius 2 is 1.89 bits per heavy atom. The average molecular weight is 553 g/mol. The number of aliphatic hydroxyl groups is 1. The van der Waals surface area contributed by atoms with Crippen molar-refractivity contribution < 1.29 is 9.90 Å². The Morgan fingerprint density at radius 3 is 2.58 bits per heavy atom. The third-order valence-corrected chi connectivity index (χ3v) is 9.73. The molecule has 1 aliphatic carbocycles. The summed E-state index contributed by atoms with van der Waals surface area (Å²) in [6.45, 7) is 6.64. The van der Waals surface area contributed by atoms with E-state index in [-0.39, 0.29) is 6.03 Å². The molecular weight excluding hydrogens is 517 g/mol.